The molecule has 0 aromatic heterocycles. The Hall–Kier alpha value is -0.690. The molecule has 0 radical (unpaired) electrons. The topological polar surface area (TPSA) is 74.2 Å². The lowest BCUT2D eigenvalue weighted by atomic mass is 9.95. The molecule has 112 valence electrons. The highest BCUT2D eigenvalue weighted by atomic mass is 16.7. The third-order valence-electron chi connectivity index (χ3n) is 3.11. The van der Waals surface area contributed by atoms with Gasteiger partial charge in [0.05, 0.1) is 11.5 Å². The van der Waals surface area contributed by atoms with Crippen molar-refractivity contribution in [2.24, 2.45) is 5.41 Å². The molecule has 6 nitrogen and oxygen atoms in total. The summed E-state index contributed by atoms with van der Waals surface area (Å²) >= 11 is 0. The molecule has 0 aliphatic carbocycles. The van der Waals surface area contributed by atoms with Gasteiger partial charge in [0.2, 0.25) is 0 Å². The van der Waals surface area contributed by atoms with Crippen molar-refractivity contribution in [2.75, 3.05) is 14.2 Å². The molecule has 1 aliphatic heterocycles. The minimum atomic E-state index is -1.01. The second-order valence-electron chi connectivity index (χ2n) is 5.76. The number of esters is 1. The summed E-state index contributed by atoms with van der Waals surface area (Å²) in [5.74, 6) is -0.363. The van der Waals surface area contributed by atoms with Gasteiger partial charge in [-0.15, -0.1) is 0 Å². The van der Waals surface area contributed by atoms with Gasteiger partial charge in [0.15, 0.2) is 12.4 Å². The van der Waals surface area contributed by atoms with Crippen LogP contribution in [0.15, 0.2) is 0 Å². The summed E-state index contributed by atoms with van der Waals surface area (Å²) in [6.07, 6.45) is -3.57. The molecule has 0 spiro atoms. The zero-order valence-electron chi connectivity index (χ0n) is 12.4. The maximum atomic E-state index is 12.0. The lowest BCUT2D eigenvalue weighted by Crippen LogP contribution is -2.59. The van der Waals surface area contributed by atoms with Crippen molar-refractivity contribution < 1.29 is 28.8 Å². The van der Waals surface area contributed by atoms with Gasteiger partial charge in [0.25, 0.3) is 0 Å². The normalized spacial score (nSPS) is 36.1. The standard InChI is InChI=1S/C13H24O6/c1-7-9(19-12(15)13(2,3)4)10(16-5)8(14)11(17-6)18-7/h7-11,14H,1-6H3/t7-,8+,9-,10-,11+/m0/s1. The third kappa shape index (κ3) is 3.66. The Bertz CT molecular complexity index is 311. The van der Waals surface area contributed by atoms with Gasteiger partial charge in [-0.3, -0.25) is 4.79 Å². The van der Waals surface area contributed by atoms with Crippen molar-refractivity contribution in [2.45, 2.75) is 58.4 Å². The minimum absolute atomic E-state index is 0.363. The Kier molecular flexibility index (Phi) is 5.32. The number of carbonyl (C=O) groups excluding carboxylic acids is 1. The largest absolute Gasteiger partial charge is 0.456 e. The van der Waals surface area contributed by atoms with Crippen molar-refractivity contribution in [3.63, 3.8) is 0 Å². The van der Waals surface area contributed by atoms with Crippen LogP contribution < -0.4 is 0 Å². The molecule has 19 heavy (non-hydrogen) atoms. The zero-order chi connectivity index (χ0) is 14.8. The molecule has 6 heteroatoms. The van der Waals surface area contributed by atoms with Gasteiger partial charge in [-0.25, -0.2) is 0 Å². The van der Waals surface area contributed by atoms with Gasteiger partial charge in [-0.2, -0.15) is 0 Å². The van der Waals surface area contributed by atoms with E-state index in [1.54, 1.807) is 27.7 Å². The minimum Gasteiger partial charge on any atom is -0.456 e. The number of carbonyl (C=O) groups is 1. The molecule has 0 aromatic rings. The highest BCUT2D eigenvalue weighted by Crippen LogP contribution is 2.28. The molecular weight excluding hydrogens is 252 g/mol. The molecular formula is C13H24O6. The first-order valence-electron chi connectivity index (χ1n) is 6.32. The number of hydrogen-bond donors (Lipinski definition) is 1. The SMILES string of the molecule is CO[C@@H]1O[C@@H](C)[C@H](OC(=O)C(C)(C)C)[C@@H](OC)[C@H]1O. The predicted molar refractivity (Wildman–Crippen MR) is 67.5 cm³/mol. The van der Waals surface area contributed by atoms with Crippen LogP contribution in [0.4, 0.5) is 0 Å². The summed E-state index contributed by atoms with van der Waals surface area (Å²) in [4.78, 5) is 12.0. The molecule has 0 bridgehead atoms. The fraction of sp³-hybridized carbons (Fsp3) is 0.923. The summed E-state index contributed by atoms with van der Waals surface area (Å²) in [5, 5.41) is 10.1. The number of methoxy groups -OCH3 is 2. The Balaban J connectivity index is 2.83. The molecule has 1 rings (SSSR count). The zero-order valence-corrected chi connectivity index (χ0v) is 12.4. The molecule has 1 saturated heterocycles. The van der Waals surface area contributed by atoms with Crippen molar-refractivity contribution in [3.05, 3.63) is 0 Å². The molecule has 1 heterocycles. The van der Waals surface area contributed by atoms with E-state index in [-0.39, 0.29) is 5.97 Å². The Morgan fingerprint density at radius 3 is 2.16 bits per heavy atom. The van der Waals surface area contributed by atoms with Crippen LogP contribution in [0, 0.1) is 5.41 Å². The van der Waals surface area contributed by atoms with Crippen LogP contribution in [0.25, 0.3) is 0 Å². The van der Waals surface area contributed by atoms with Crippen LogP contribution in [0.5, 0.6) is 0 Å². The summed E-state index contributed by atoms with van der Waals surface area (Å²) < 4.78 is 21.2. The average Bonchev–Trinajstić information content (AvgIpc) is 2.32. The summed E-state index contributed by atoms with van der Waals surface area (Å²) in [5.41, 5.74) is -0.624. The van der Waals surface area contributed by atoms with Gasteiger partial charge < -0.3 is 24.1 Å². The van der Waals surface area contributed by atoms with E-state index >= 15 is 0 Å². The number of rotatable bonds is 3. The highest BCUT2D eigenvalue weighted by molar-refractivity contribution is 5.75. The van der Waals surface area contributed by atoms with Gasteiger partial charge in [-0.1, -0.05) is 0 Å². The van der Waals surface area contributed by atoms with Crippen LogP contribution in [0.2, 0.25) is 0 Å². The average molecular weight is 276 g/mol. The molecule has 1 N–H and O–H groups in total. The van der Waals surface area contributed by atoms with E-state index in [1.807, 2.05) is 0 Å². The fourth-order valence-electron chi connectivity index (χ4n) is 1.92. The Labute approximate surface area is 114 Å². The van der Waals surface area contributed by atoms with Gasteiger partial charge in [0.1, 0.15) is 12.2 Å². The second kappa shape index (κ2) is 6.17. The Morgan fingerprint density at radius 2 is 1.74 bits per heavy atom. The van der Waals surface area contributed by atoms with E-state index < -0.39 is 36.1 Å². The molecule has 1 aliphatic rings. The van der Waals surface area contributed by atoms with Crippen LogP contribution in [0.3, 0.4) is 0 Å². The molecule has 1 fully saturated rings. The Morgan fingerprint density at radius 1 is 1.16 bits per heavy atom. The van der Waals surface area contributed by atoms with Gasteiger partial charge in [-0.05, 0) is 27.7 Å². The van der Waals surface area contributed by atoms with E-state index in [1.165, 1.54) is 14.2 Å². The van der Waals surface area contributed by atoms with Crippen molar-refractivity contribution in [3.8, 4) is 0 Å². The lowest BCUT2D eigenvalue weighted by Gasteiger charge is -2.42. The first kappa shape index (κ1) is 16.4. The monoisotopic (exact) mass is 276 g/mol. The maximum Gasteiger partial charge on any atom is 0.311 e. The molecule has 0 unspecified atom stereocenters. The first-order chi connectivity index (χ1) is 8.72. The smallest absolute Gasteiger partial charge is 0.311 e. The van der Waals surface area contributed by atoms with Crippen molar-refractivity contribution in [1.29, 1.82) is 0 Å². The highest BCUT2D eigenvalue weighted by Gasteiger charge is 2.47. The number of ether oxygens (including phenoxy) is 4. The number of aliphatic hydroxyl groups is 1. The molecule has 0 aromatic carbocycles. The van der Waals surface area contributed by atoms with E-state index in [9.17, 15) is 9.90 Å². The third-order valence-corrected chi connectivity index (χ3v) is 3.11. The number of aliphatic hydroxyl groups excluding tert-OH is 1. The summed E-state index contributed by atoms with van der Waals surface area (Å²) in [7, 11) is 2.89. The van der Waals surface area contributed by atoms with Crippen LogP contribution in [0.1, 0.15) is 27.7 Å². The molecule has 5 atom stereocenters. The summed E-state index contributed by atoms with van der Waals surface area (Å²) in [6.45, 7) is 7.05. The fourth-order valence-corrected chi connectivity index (χ4v) is 1.92. The van der Waals surface area contributed by atoms with Crippen molar-refractivity contribution >= 4 is 5.97 Å². The lowest BCUT2D eigenvalue weighted by molar-refractivity contribution is -0.294. The van der Waals surface area contributed by atoms with Crippen LogP contribution in [-0.2, 0) is 23.7 Å². The van der Waals surface area contributed by atoms with E-state index in [2.05, 4.69) is 0 Å². The van der Waals surface area contributed by atoms with Crippen LogP contribution >= 0.6 is 0 Å². The molecule has 0 saturated carbocycles. The van der Waals surface area contributed by atoms with E-state index in [0.29, 0.717) is 0 Å². The van der Waals surface area contributed by atoms with Crippen LogP contribution in [-0.4, -0.2) is 56.0 Å². The number of hydrogen-bond acceptors (Lipinski definition) is 6. The van der Waals surface area contributed by atoms with Crippen molar-refractivity contribution in [1.82, 2.24) is 0 Å². The summed E-state index contributed by atoms with van der Waals surface area (Å²) in [6, 6.07) is 0. The van der Waals surface area contributed by atoms with Gasteiger partial charge >= 0.3 is 5.97 Å². The van der Waals surface area contributed by atoms with Gasteiger partial charge in [0, 0.05) is 14.2 Å². The first-order valence-corrected chi connectivity index (χ1v) is 6.32. The van der Waals surface area contributed by atoms with E-state index in [0.717, 1.165) is 0 Å². The van der Waals surface area contributed by atoms with E-state index in [4.69, 9.17) is 18.9 Å². The maximum absolute atomic E-state index is 12.0. The quantitative estimate of drug-likeness (QED) is 0.765. The molecule has 0 amide bonds. The predicted octanol–water partition coefficient (Wildman–Crippen LogP) is 0.711. The second-order valence-corrected chi connectivity index (χ2v) is 5.76.